The number of anilines is 2. The van der Waals surface area contributed by atoms with Gasteiger partial charge in [-0.05, 0) is 54.0 Å². The summed E-state index contributed by atoms with van der Waals surface area (Å²) in [5.74, 6) is 0.0513. The van der Waals surface area contributed by atoms with E-state index in [-0.39, 0.29) is 10.8 Å². The Morgan fingerprint density at radius 2 is 1.75 bits per heavy atom. The third kappa shape index (κ3) is 3.26. The zero-order chi connectivity index (χ0) is 14.9. The number of hydrogen-bond acceptors (Lipinski definition) is 5. The molecule has 2 rings (SSSR count). The smallest absolute Gasteiger partial charge is 0.264 e. The average Bonchev–Trinajstić information content (AvgIpc) is 2.30. The molecule has 0 aliphatic heterocycles. The highest BCUT2D eigenvalue weighted by molar-refractivity contribution is 9.10. The Kier molecular flexibility index (Phi) is 3.96. The predicted octanol–water partition coefficient (Wildman–Crippen LogP) is 2.24. The van der Waals surface area contributed by atoms with Crippen LogP contribution >= 0.6 is 15.9 Å². The van der Waals surface area contributed by atoms with E-state index in [0.29, 0.717) is 21.5 Å². The molecule has 0 fully saturated rings. The molecule has 0 radical (unpaired) electrons. The first kappa shape index (κ1) is 14.7. The maximum absolute atomic E-state index is 12.2. The molecule has 1 heterocycles. The number of halogens is 1. The lowest BCUT2D eigenvalue weighted by molar-refractivity contribution is 0.600. The number of nitrogens with two attached hydrogens (primary N) is 1. The Balaban J connectivity index is 2.37. The van der Waals surface area contributed by atoms with Gasteiger partial charge in [0.25, 0.3) is 10.0 Å². The van der Waals surface area contributed by atoms with E-state index in [4.69, 9.17) is 5.73 Å². The largest absolute Gasteiger partial charge is 0.398 e. The lowest BCUT2D eigenvalue weighted by Crippen LogP contribution is -2.15. The molecule has 0 spiro atoms. The summed E-state index contributed by atoms with van der Waals surface area (Å²) < 4.78 is 27.3. The van der Waals surface area contributed by atoms with Crippen LogP contribution in [0.4, 0.5) is 11.6 Å². The molecule has 0 aliphatic rings. The number of nitrogen functional groups attached to an aromatic ring is 1. The van der Waals surface area contributed by atoms with Crippen molar-refractivity contribution in [3.05, 3.63) is 40.1 Å². The van der Waals surface area contributed by atoms with E-state index in [0.717, 1.165) is 0 Å². The van der Waals surface area contributed by atoms with E-state index < -0.39 is 10.0 Å². The summed E-state index contributed by atoms with van der Waals surface area (Å²) in [5, 5.41) is 0. The Hall–Kier alpha value is -1.67. The molecule has 106 valence electrons. The lowest BCUT2D eigenvalue weighted by Gasteiger charge is -2.09. The molecule has 8 heteroatoms. The van der Waals surface area contributed by atoms with Crippen LogP contribution in [0, 0.1) is 13.8 Å². The van der Waals surface area contributed by atoms with Crippen LogP contribution in [0.15, 0.2) is 33.6 Å². The molecule has 0 atom stereocenters. The van der Waals surface area contributed by atoms with Crippen LogP contribution in [0.3, 0.4) is 0 Å². The van der Waals surface area contributed by atoms with Gasteiger partial charge in [0.2, 0.25) is 5.95 Å². The minimum atomic E-state index is -3.75. The zero-order valence-corrected chi connectivity index (χ0v) is 13.3. The Morgan fingerprint density at radius 3 is 2.30 bits per heavy atom. The Labute approximate surface area is 125 Å². The maximum atomic E-state index is 12.2. The van der Waals surface area contributed by atoms with Crippen LogP contribution in [0.5, 0.6) is 0 Å². The number of benzene rings is 1. The summed E-state index contributed by atoms with van der Waals surface area (Å²) in [7, 11) is -3.75. The molecule has 0 amide bonds. The van der Waals surface area contributed by atoms with Crippen LogP contribution in [0.25, 0.3) is 0 Å². The highest BCUT2D eigenvalue weighted by atomic mass is 79.9. The maximum Gasteiger partial charge on any atom is 0.264 e. The van der Waals surface area contributed by atoms with Gasteiger partial charge in [0.15, 0.2) is 0 Å². The predicted molar refractivity (Wildman–Crippen MR) is 80.9 cm³/mol. The molecule has 1 aromatic heterocycles. The van der Waals surface area contributed by atoms with Gasteiger partial charge in [-0.25, -0.2) is 23.1 Å². The van der Waals surface area contributed by atoms with E-state index in [1.165, 1.54) is 18.2 Å². The lowest BCUT2D eigenvalue weighted by atomic mass is 10.3. The van der Waals surface area contributed by atoms with Crippen molar-refractivity contribution in [2.75, 3.05) is 10.5 Å². The van der Waals surface area contributed by atoms with E-state index in [2.05, 4.69) is 30.6 Å². The van der Waals surface area contributed by atoms with E-state index in [1.807, 2.05) is 0 Å². The second-order valence-corrected chi connectivity index (χ2v) is 6.80. The summed E-state index contributed by atoms with van der Waals surface area (Å²) in [6, 6.07) is 6.13. The van der Waals surface area contributed by atoms with Crippen LogP contribution < -0.4 is 10.5 Å². The first-order chi connectivity index (χ1) is 9.28. The quantitative estimate of drug-likeness (QED) is 0.821. The van der Waals surface area contributed by atoms with Crippen molar-refractivity contribution in [1.82, 2.24) is 9.97 Å². The third-order valence-corrected chi connectivity index (χ3v) is 4.50. The van der Waals surface area contributed by atoms with E-state index >= 15 is 0 Å². The number of nitrogens with one attached hydrogen (secondary N) is 1. The fourth-order valence-electron chi connectivity index (χ4n) is 1.63. The first-order valence-corrected chi connectivity index (χ1v) is 7.96. The van der Waals surface area contributed by atoms with Gasteiger partial charge in [-0.3, -0.25) is 0 Å². The topological polar surface area (TPSA) is 98.0 Å². The van der Waals surface area contributed by atoms with Gasteiger partial charge < -0.3 is 5.73 Å². The van der Waals surface area contributed by atoms with Gasteiger partial charge in [-0.2, -0.15) is 0 Å². The summed E-state index contributed by atoms with van der Waals surface area (Å²) in [4.78, 5) is 8.18. The number of aromatic nitrogens is 2. The average molecular weight is 357 g/mol. The highest BCUT2D eigenvalue weighted by Crippen LogP contribution is 2.24. The molecule has 0 aliphatic carbocycles. The normalized spacial score (nSPS) is 11.3. The van der Waals surface area contributed by atoms with Crippen molar-refractivity contribution in [2.45, 2.75) is 18.7 Å². The Morgan fingerprint density at radius 1 is 1.15 bits per heavy atom. The zero-order valence-electron chi connectivity index (χ0n) is 10.9. The molecule has 0 bridgehead atoms. The molecule has 20 heavy (non-hydrogen) atoms. The second kappa shape index (κ2) is 5.37. The molecule has 0 saturated heterocycles. The minimum absolute atomic E-state index is 0.0513. The summed E-state index contributed by atoms with van der Waals surface area (Å²) in [5.41, 5.74) is 7.48. The van der Waals surface area contributed by atoms with Crippen LogP contribution in [-0.4, -0.2) is 18.4 Å². The van der Waals surface area contributed by atoms with Crippen molar-refractivity contribution in [1.29, 1.82) is 0 Å². The standard InChI is InChI=1S/C12H13BrN4O2S/c1-7-5-8(2)16-12(15-7)17-20(18,19)9-3-4-11(14)10(13)6-9/h3-6H,14H2,1-2H3,(H,15,16,17). The summed E-state index contributed by atoms with van der Waals surface area (Å²) >= 11 is 3.20. The first-order valence-electron chi connectivity index (χ1n) is 5.68. The molecule has 6 nitrogen and oxygen atoms in total. The molecule has 1 aromatic carbocycles. The monoisotopic (exact) mass is 356 g/mol. The molecule has 0 unspecified atom stereocenters. The fourth-order valence-corrected chi connectivity index (χ4v) is 3.13. The second-order valence-electron chi connectivity index (χ2n) is 4.26. The molecule has 2 aromatic rings. The van der Waals surface area contributed by atoms with Gasteiger partial charge in [0.1, 0.15) is 0 Å². The van der Waals surface area contributed by atoms with Crippen molar-refractivity contribution < 1.29 is 8.42 Å². The number of nitrogens with zero attached hydrogens (tertiary/aromatic N) is 2. The van der Waals surface area contributed by atoms with Crippen molar-refractivity contribution >= 4 is 37.6 Å². The third-order valence-electron chi connectivity index (χ3n) is 2.49. The highest BCUT2D eigenvalue weighted by Gasteiger charge is 2.17. The van der Waals surface area contributed by atoms with Gasteiger partial charge >= 0.3 is 0 Å². The molecule has 0 saturated carbocycles. The SMILES string of the molecule is Cc1cc(C)nc(NS(=O)(=O)c2ccc(N)c(Br)c2)n1. The van der Waals surface area contributed by atoms with E-state index in [9.17, 15) is 8.42 Å². The van der Waals surface area contributed by atoms with Gasteiger partial charge in [0, 0.05) is 21.5 Å². The summed E-state index contributed by atoms with van der Waals surface area (Å²) in [6.45, 7) is 3.54. The minimum Gasteiger partial charge on any atom is -0.398 e. The van der Waals surface area contributed by atoms with Gasteiger partial charge in [0.05, 0.1) is 4.90 Å². The number of rotatable bonds is 3. The van der Waals surface area contributed by atoms with E-state index in [1.54, 1.807) is 19.9 Å². The number of sulfonamides is 1. The molecular formula is C12H13BrN4O2S. The van der Waals surface area contributed by atoms with Crippen LogP contribution in [-0.2, 0) is 10.0 Å². The number of hydrogen-bond donors (Lipinski definition) is 2. The van der Waals surface area contributed by atoms with Crippen molar-refractivity contribution in [2.24, 2.45) is 0 Å². The van der Waals surface area contributed by atoms with Gasteiger partial charge in [-0.1, -0.05) is 0 Å². The van der Waals surface area contributed by atoms with Crippen LogP contribution in [0.1, 0.15) is 11.4 Å². The Bertz CT molecular complexity index is 742. The molecular weight excluding hydrogens is 344 g/mol. The summed E-state index contributed by atoms with van der Waals surface area (Å²) in [6.07, 6.45) is 0. The fraction of sp³-hybridized carbons (Fsp3) is 0.167. The van der Waals surface area contributed by atoms with Gasteiger partial charge in [-0.15, -0.1) is 0 Å². The van der Waals surface area contributed by atoms with Crippen molar-refractivity contribution in [3.63, 3.8) is 0 Å². The number of aryl methyl sites for hydroxylation is 2. The van der Waals surface area contributed by atoms with Crippen molar-refractivity contribution in [3.8, 4) is 0 Å². The molecule has 3 N–H and O–H groups in total. The van der Waals surface area contributed by atoms with Crippen LogP contribution in [0.2, 0.25) is 0 Å².